The van der Waals surface area contributed by atoms with Crippen molar-refractivity contribution < 1.29 is 0 Å². The molecule has 1 aliphatic rings. The Morgan fingerprint density at radius 3 is 1.56 bits per heavy atom. The number of aryl methyl sites for hydroxylation is 2. The van der Waals surface area contributed by atoms with Gasteiger partial charge < -0.3 is 0 Å². The number of rotatable bonds is 8. The predicted molar refractivity (Wildman–Crippen MR) is 110 cm³/mol. The maximum atomic E-state index is 4.08. The maximum Gasteiger partial charge on any atom is 0.0283 e. The van der Waals surface area contributed by atoms with Crippen molar-refractivity contribution in [3.63, 3.8) is 0 Å². The van der Waals surface area contributed by atoms with E-state index in [-0.39, 0.29) is 5.41 Å². The van der Waals surface area contributed by atoms with Gasteiger partial charge in [0.1, 0.15) is 0 Å². The minimum absolute atomic E-state index is 0.00166. The molecule has 0 aromatic heterocycles. The van der Waals surface area contributed by atoms with E-state index in [4.69, 9.17) is 0 Å². The summed E-state index contributed by atoms with van der Waals surface area (Å²) in [6.07, 6.45) is 10.7. The Morgan fingerprint density at radius 2 is 1.20 bits per heavy atom. The van der Waals surface area contributed by atoms with Crippen molar-refractivity contribution in [1.82, 2.24) is 0 Å². The van der Waals surface area contributed by atoms with Gasteiger partial charge in [-0.2, -0.15) is 0 Å². The van der Waals surface area contributed by atoms with Gasteiger partial charge in [-0.1, -0.05) is 75.2 Å². The number of benzene rings is 2. The first-order chi connectivity index (χ1) is 12.2. The average Bonchev–Trinajstić information content (AvgIpc) is 2.86. The van der Waals surface area contributed by atoms with Gasteiger partial charge in [-0.05, 0) is 59.1 Å². The van der Waals surface area contributed by atoms with Crippen molar-refractivity contribution in [3.8, 4) is 11.1 Å². The lowest BCUT2D eigenvalue weighted by atomic mass is 9.72. The molecule has 0 heteroatoms. The van der Waals surface area contributed by atoms with E-state index in [9.17, 15) is 0 Å². The molecular formula is C25H30. The van der Waals surface area contributed by atoms with Gasteiger partial charge in [0.25, 0.3) is 0 Å². The highest BCUT2D eigenvalue weighted by Crippen LogP contribution is 2.53. The molecule has 0 aliphatic heterocycles. The fourth-order valence-corrected chi connectivity index (χ4v) is 4.49. The van der Waals surface area contributed by atoms with Gasteiger partial charge in [0.15, 0.2) is 0 Å². The third-order valence-corrected chi connectivity index (χ3v) is 5.55. The van der Waals surface area contributed by atoms with E-state index in [0.29, 0.717) is 0 Å². The Bertz CT molecular complexity index is 711. The van der Waals surface area contributed by atoms with Gasteiger partial charge in [-0.25, -0.2) is 0 Å². The molecule has 2 aromatic carbocycles. The summed E-state index contributed by atoms with van der Waals surface area (Å²) < 4.78 is 0. The van der Waals surface area contributed by atoms with Crippen LogP contribution in [0.4, 0.5) is 0 Å². The highest BCUT2D eigenvalue weighted by atomic mass is 14.4. The molecule has 0 N–H and O–H groups in total. The Balaban J connectivity index is 2.24. The van der Waals surface area contributed by atoms with E-state index in [1.54, 1.807) is 0 Å². The molecule has 0 radical (unpaired) electrons. The van der Waals surface area contributed by atoms with E-state index in [1.165, 1.54) is 46.2 Å². The van der Waals surface area contributed by atoms with Gasteiger partial charge in [0.2, 0.25) is 0 Å². The predicted octanol–water partition coefficient (Wildman–Crippen LogP) is 7.01. The van der Waals surface area contributed by atoms with E-state index in [0.717, 1.165) is 25.7 Å². The van der Waals surface area contributed by atoms with E-state index >= 15 is 0 Å². The standard InChI is InChI=1S/C25H30/c1-5-9-19-11-13-21-22-14-12-20(10-6-2)18-24(22)25(15-7-3,16-8-4)23(21)17-19/h7-8,11-14,17-18H,3-6,9-10,15-16H2,1-2H3. The first kappa shape index (κ1) is 17.7. The lowest BCUT2D eigenvalue weighted by molar-refractivity contribution is 0.542. The van der Waals surface area contributed by atoms with Crippen molar-refractivity contribution in [2.75, 3.05) is 0 Å². The molecular weight excluding hydrogens is 300 g/mol. The third-order valence-electron chi connectivity index (χ3n) is 5.55. The molecule has 3 rings (SSSR count). The summed E-state index contributed by atoms with van der Waals surface area (Å²) in [5.74, 6) is 0. The van der Waals surface area contributed by atoms with Gasteiger partial charge >= 0.3 is 0 Å². The molecule has 25 heavy (non-hydrogen) atoms. The van der Waals surface area contributed by atoms with Crippen LogP contribution in [0.15, 0.2) is 61.7 Å². The van der Waals surface area contributed by atoms with Crippen LogP contribution in [0.25, 0.3) is 11.1 Å². The molecule has 0 unspecified atom stereocenters. The first-order valence-corrected chi connectivity index (χ1v) is 9.69. The number of allylic oxidation sites excluding steroid dienone is 2. The maximum absolute atomic E-state index is 4.08. The summed E-state index contributed by atoms with van der Waals surface area (Å²) in [7, 11) is 0. The smallest absolute Gasteiger partial charge is 0.0283 e. The van der Waals surface area contributed by atoms with Crippen LogP contribution in [-0.2, 0) is 18.3 Å². The lowest BCUT2D eigenvalue weighted by Crippen LogP contribution is -2.24. The Labute approximate surface area is 153 Å². The first-order valence-electron chi connectivity index (χ1n) is 9.69. The monoisotopic (exact) mass is 330 g/mol. The second-order valence-electron chi connectivity index (χ2n) is 7.33. The summed E-state index contributed by atoms with van der Waals surface area (Å²) in [5.41, 5.74) is 8.65. The van der Waals surface area contributed by atoms with Crippen molar-refractivity contribution >= 4 is 0 Å². The zero-order valence-electron chi connectivity index (χ0n) is 15.8. The molecule has 0 saturated carbocycles. The van der Waals surface area contributed by atoms with E-state index in [2.05, 4.69) is 75.6 Å². The van der Waals surface area contributed by atoms with Crippen LogP contribution in [0.2, 0.25) is 0 Å². The zero-order chi connectivity index (χ0) is 17.9. The van der Waals surface area contributed by atoms with Crippen LogP contribution in [0.3, 0.4) is 0 Å². The summed E-state index contributed by atoms with van der Waals surface area (Å²) in [4.78, 5) is 0. The Kier molecular flexibility index (Phi) is 5.27. The minimum atomic E-state index is 0.00166. The van der Waals surface area contributed by atoms with Crippen LogP contribution in [0, 0.1) is 0 Å². The molecule has 130 valence electrons. The highest BCUT2D eigenvalue weighted by molar-refractivity contribution is 5.82. The van der Waals surface area contributed by atoms with Crippen LogP contribution in [0.5, 0.6) is 0 Å². The quantitative estimate of drug-likeness (QED) is 0.457. The Morgan fingerprint density at radius 1 is 0.760 bits per heavy atom. The van der Waals surface area contributed by atoms with E-state index in [1.807, 2.05) is 0 Å². The number of hydrogen-bond donors (Lipinski definition) is 0. The molecule has 0 nitrogen and oxygen atoms in total. The summed E-state index contributed by atoms with van der Waals surface area (Å²) in [6, 6.07) is 14.2. The fourth-order valence-electron chi connectivity index (χ4n) is 4.49. The van der Waals surface area contributed by atoms with Crippen LogP contribution in [-0.4, -0.2) is 0 Å². The SMILES string of the molecule is C=CCC1(CC=C)c2cc(CCC)ccc2-c2ccc(CCC)cc21. The highest BCUT2D eigenvalue weighted by Gasteiger charge is 2.41. The lowest BCUT2D eigenvalue weighted by Gasteiger charge is -2.30. The summed E-state index contributed by atoms with van der Waals surface area (Å²) in [6.45, 7) is 12.7. The molecule has 0 fully saturated rings. The third kappa shape index (κ3) is 2.99. The van der Waals surface area contributed by atoms with Crippen LogP contribution in [0.1, 0.15) is 61.8 Å². The fraction of sp³-hybridized carbons (Fsp3) is 0.360. The molecule has 0 saturated heterocycles. The van der Waals surface area contributed by atoms with Crippen LogP contribution < -0.4 is 0 Å². The molecule has 2 aromatic rings. The molecule has 0 bridgehead atoms. The van der Waals surface area contributed by atoms with Gasteiger partial charge in [0.05, 0.1) is 0 Å². The molecule has 0 amide bonds. The van der Waals surface area contributed by atoms with Gasteiger partial charge in [0, 0.05) is 5.41 Å². The molecule has 1 aliphatic carbocycles. The van der Waals surface area contributed by atoms with E-state index < -0.39 is 0 Å². The van der Waals surface area contributed by atoms with Crippen molar-refractivity contribution in [3.05, 3.63) is 84.0 Å². The minimum Gasteiger partial charge on any atom is -0.103 e. The van der Waals surface area contributed by atoms with Gasteiger partial charge in [-0.15, -0.1) is 13.2 Å². The van der Waals surface area contributed by atoms with Crippen molar-refractivity contribution in [2.45, 2.75) is 57.8 Å². The second-order valence-corrected chi connectivity index (χ2v) is 7.33. The number of fused-ring (bicyclic) bond motifs is 3. The van der Waals surface area contributed by atoms with Crippen molar-refractivity contribution in [2.24, 2.45) is 0 Å². The zero-order valence-corrected chi connectivity index (χ0v) is 15.8. The topological polar surface area (TPSA) is 0 Å². The van der Waals surface area contributed by atoms with Gasteiger partial charge in [-0.3, -0.25) is 0 Å². The summed E-state index contributed by atoms with van der Waals surface area (Å²) in [5, 5.41) is 0. The molecule has 0 heterocycles. The summed E-state index contributed by atoms with van der Waals surface area (Å²) >= 11 is 0. The molecule has 0 atom stereocenters. The average molecular weight is 331 g/mol. The van der Waals surface area contributed by atoms with Crippen LogP contribution >= 0.6 is 0 Å². The second kappa shape index (κ2) is 7.44. The normalized spacial score (nSPS) is 14.0. The Hall–Kier alpha value is -2.08. The largest absolute Gasteiger partial charge is 0.103 e. The molecule has 0 spiro atoms. The van der Waals surface area contributed by atoms with Crippen molar-refractivity contribution in [1.29, 1.82) is 0 Å². The number of hydrogen-bond acceptors (Lipinski definition) is 0.